The van der Waals surface area contributed by atoms with Gasteiger partial charge in [0.25, 0.3) is 0 Å². The van der Waals surface area contributed by atoms with E-state index >= 15 is 0 Å². The molecule has 1 N–H and O–H groups in total. The minimum Gasteiger partial charge on any atom is -0.493 e. The number of carbonyl (C=O) groups is 2. The van der Waals surface area contributed by atoms with Gasteiger partial charge in [0, 0.05) is 15.8 Å². The van der Waals surface area contributed by atoms with Crippen molar-refractivity contribution < 1.29 is 33.3 Å². The molecule has 0 aliphatic rings. The average molecular weight is 471 g/mol. The number of ketones is 1. The number of rotatable bonds is 9. The lowest BCUT2D eigenvalue weighted by molar-refractivity contribution is -0.152. The topological polar surface area (TPSA) is 95.2 Å². The van der Waals surface area contributed by atoms with E-state index < -0.39 is 11.6 Å². The van der Waals surface area contributed by atoms with Crippen LogP contribution >= 0.6 is 11.8 Å². The Hall–Kier alpha value is -3.39. The third-order valence-corrected chi connectivity index (χ3v) is 5.88. The summed E-state index contributed by atoms with van der Waals surface area (Å²) in [5.74, 6) is -0.414. The number of hydrogen-bond acceptors (Lipinski definition) is 7. The van der Waals surface area contributed by atoms with Gasteiger partial charge in [-0.25, -0.2) is 4.79 Å². The van der Waals surface area contributed by atoms with Gasteiger partial charge in [-0.05, 0) is 69.0 Å². The van der Waals surface area contributed by atoms with E-state index in [1.165, 1.54) is 34.1 Å². The maximum atomic E-state index is 12.9. The molecule has 7 nitrogen and oxygen atoms in total. The Bertz CT molecular complexity index is 1210. The summed E-state index contributed by atoms with van der Waals surface area (Å²) < 4.78 is 22.3. The lowest BCUT2D eigenvalue weighted by Gasteiger charge is -2.24. The van der Waals surface area contributed by atoms with Crippen LogP contribution in [0.3, 0.4) is 0 Å². The molecule has 1 aromatic heterocycles. The van der Waals surface area contributed by atoms with Crippen molar-refractivity contribution in [1.82, 2.24) is 0 Å². The van der Waals surface area contributed by atoms with Gasteiger partial charge in [0.1, 0.15) is 5.58 Å². The monoisotopic (exact) mass is 470 g/mol. The Morgan fingerprint density at radius 1 is 1.09 bits per heavy atom. The van der Waals surface area contributed by atoms with Gasteiger partial charge in [0.2, 0.25) is 11.5 Å². The van der Waals surface area contributed by atoms with E-state index in [2.05, 4.69) is 0 Å². The maximum absolute atomic E-state index is 12.9. The van der Waals surface area contributed by atoms with Crippen molar-refractivity contribution in [3.8, 4) is 17.2 Å². The summed E-state index contributed by atoms with van der Waals surface area (Å²) >= 11 is 1.60. The number of allylic oxidation sites excluding steroid dienone is 1. The number of carbonyl (C=O) groups excluding carboxylic acids is 1. The fraction of sp³-hybridized carbons (Fsp3) is 0.280. The molecule has 0 radical (unpaired) electrons. The number of carboxylic acid groups (broad SMARTS) is 1. The summed E-state index contributed by atoms with van der Waals surface area (Å²) in [6.45, 7) is 4.71. The van der Waals surface area contributed by atoms with Crippen LogP contribution < -0.4 is 14.2 Å². The van der Waals surface area contributed by atoms with Crippen molar-refractivity contribution in [3.05, 3.63) is 53.3 Å². The second-order valence-electron chi connectivity index (χ2n) is 7.79. The highest BCUT2D eigenvalue weighted by Crippen LogP contribution is 2.41. The smallest absolute Gasteiger partial charge is 0.347 e. The van der Waals surface area contributed by atoms with E-state index in [1.54, 1.807) is 30.0 Å². The molecule has 3 aromatic rings. The molecule has 0 fully saturated rings. The Morgan fingerprint density at radius 3 is 2.27 bits per heavy atom. The quantitative estimate of drug-likeness (QED) is 0.245. The van der Waals surface area contributed by atoms with Crippen LogP contribution in [-0.2, 0) is 4.79 Å². The van der Waals surface area contributed by atoms with Crippen LogP contribution in [0, 0.1) is 6.92 Å². The first-order valence-corrected chi connectivity index (χ1v) is 11.3. The molecule has 33 heavy (non-hydrogen) atoms. The minimum absolute atomic E-state index is 0.161. The Morgan fingerprint density at radius 2 is 1.73 bits per heavy atom. The molecule has 3 rings (SSSR count). The fourth-order valence-corrected chi connectivity index (χ4v) is 3.64. The Kier molecular flexibility index (Phi) is 7.07. The predicted octanol–water partition coefficient (Wildman–Crippen LogP) is 5.62. The number of ether oxygens (including phenoxy) is 3. The molecule has 0 saturated heterocycles. The van der Waals surface area contributed by atoms with Gasteiger partial charge >= 0.3 is 5.97 Å². The van der Waals surface area contributed by atoms with Gasteiger partial charge in [0.05, 0.1) is 14.2 Å². The summed E-state index contributed by atoms with van der Waals surface area (Å²) in [6.07, 6.45) is 5.00. The normalized spacial score (nSPS) is 11.7. The van der Waals surface area contributed by atoms with Crippen LogP contribution in [0.1, 0.15) is 35.5 Å². The number of thioether (sulfide) groups is 1. The zero-order valence-electron chi connectivity index (χ0n) is 19.3. The number of aliphatic carboxylic acids is 1. The number of carboxylic acids is 1. The van der Waals surface area contributed by atoms with Crippen LogP contribution in [0.25, 0.3) is 17.0 Å². The van der Waals surface area contributed by atoms with Gasteiger partial charge in [-0.3, -0.25) is 4.79 Å². The van der Waals surface area contributed by atoms with Crippen molar-refractivity contribution in [1.29, 1.82) is 0 Å². The summed E-state index contributed by atoms with van der Waals surface area (Å²) in [5, 5.41) is 10.3. The second kappa shape index (κ2) is 9.62. The molecular formula is C25H26O7S. The Labute approximate surface area is 196 Å². The van der Waals surface area contributed by atoms with E-state index in [9.17, 15) is 14.7 Å². The first-order chi connectivity index (χ1) is 15.6. The number of aryl methyl sites for hydroxylation is 1. The Balaban J connectivity index is 1.93. The van der Waals surface area contributed by atoms with E-state index in [0.29, 0.717) is 11.1 Å². The van der Waals surface area contributed by atoms with Crippen molar-refractivity contribution in [2.75, 3.05) is 20.5 Å². The molecule has 0 saturated carbocycles. The van der Waals surface area contributed by atoms with Gasteiger partial charge in [-0.1, -0.05) is 6.08 Å². The molecule has 174 valence electrons. The molecule has 0 bridgehead atoms. The fourth-order valence-electron chi connectivity index (χ4n) is 3.21. The molecule has 1 heterocycles. The third kappa shape index (κ3) is 5.01. The lowest BCUT2D eigenvalue weighted by Crippen LogP contribution is -2.38. The summed E-state index contributed by atoms with van der Waals surface area (Å²) in [4.78, 5) is 25.4. The third-order valence-electron chi connectivity index (χ3n) is 5.15. The highest BCUT2D eigenvalue weighted by atomic mass is 32.2. The van der Waals surface area contributed by atoms with E-state index in [-0.39, 0.29) is 28.8 Å². The maximum Gasteiger partial charge on any atom is 0.347 e. The average Bonchev–Trinajstić information content (AvgIpc) is 3.13. The summed E-state index contributed by atoms with van der Waals surface area (Å²) in [6, 6.07) is 9.13. The summed E-state index contributed by atoms with van der Waals surface area (Å²) in [5.41, 5.74) is 0.558. The molecule has 0 amide bonds. The van der Waals surface area contributed by atoms with Gasteiger partial charge in [0.15, 0.2) is 22.9 Å². The van der Waals surface area contributed by atoms with E-state index in [4.69, 9.17) is 18.6 Å². The van der Waals surface area contributed by atoms with Crippen LogP contribution in [0.2, 0.25) is 0 Å². The van der Waals surface area contributed by atoms with Crippen molar-refractivity contribution in [3.63, 3.8) is 0 Å². The van der Waals surface area contributed by atoms with E-state index in [1.807, 2.05) is 31.4 Å². The van der Waals surface area contributed by atoms with Crippen molar-refractivity contribution in [2.45, 2.75) is 31.3 Å². The zero-order valence-corrected chi connectivity index (χ0v) is 20.2. The number of methoxy groups -OCH3 is 2. The minimum atomic E-state index is -1.50. The molecular weight excluding hydrogens is 444 g/mol. The molecule has 0 aliphatic carbocycles. The predicted molar refractivity (Wildman–Crippen MR) is 128 cm³/mol. The van der Waals surface area contributed by atoms with Crippen LogP contribution in [-0.4, -0.2) is 42.9 Å². The van der Waals surface area contributed by atoms with Crippen molar-refractivity contribution in [2.24, 2.45) is 0 Å². The first kappa shape index (κ1) is 24.3. The van der Waals surface area contributed by atoms with Crippen LogP contribution in [0.15, 0.2) is 45.7 Å². The summed E-state index contributed by atoms with van der Waals surface area (Å²) in [7, 11) is 2.88. The number of fused-ring (bicyclic) bond motifs is 1. The van der Waals surface area contributed by atoms with Crippen LogP contribution in [0.4, 0.5) is 0 Å². The van der Waals surface area contributed by atoms with Gasteiger partial charge in [-0.2, -0.15) is 0 Å². The number of benzene rings is 2. The highest BCUT2D eigenvalue weighted by molar-refractivity contribution is 7.98. The van der Waals surface area contributed by atoms with Crippen molar-refractivity contribution >= 4 is 40.6 Å². The zero-order chi connectivity index (χ0) is 24.3. The molecule has 2 aromatic carbocycles. The largest absolute Gasteiger partial charge is 0.493 e. The first-order valence-electron chi connectivity index (χ1n) is 10.1. The lowest BCUT2D eigenvalue weighted by atomic mass is 10.1. The molecule has 8 heteroatoms. The molecule has 0 unspecified atom stereocenters. The van der Waals surface area contributed by atoms with Gasteiger partial charge < -0.3 is 23.7 Å². The number of furan rings is 1. The molecule has 0 atom stereocenters. The van der Waals surface area contributed by atoms with Crippen LogP contribution in [0.5, 0.6) is 17.2 Å². The standard InChI is InChI=1S/C25H26O7S/c1-14-17-9-8-16(33-6)13-19(17)31-22(14)18(26)10-7-15-11-20(29-4)23(21(12-15)30-5)32-25(2,3)24(27)28/h7-13H,1-6H3,(H,27,28)/b10-7+. The molecule has 0 spiro atoms. The van der Waals surface area contributed by atoms with E-state index in [0.717, 1.165) is 15.8 Å². The number of hydrogen-bond donors (Lipinski definition) is 1. The highest BCUT2D eigenvalue weighted by Gasteiger charge is 2.32. The van der Waals surface area contributed by atoms with Gasteiger partial charge in [-0.15, -0.1) is 11.8 Å². The second-order valence-corrected chi connectivity index (χ2v) is 8.67. The molecule has 0 aliphatic heterocycles. The SMILES string of the molecule is COc1cc(/C=C/C(=O)c2oc3cc(SC)ccc3c2C)cc(OC)c1OC(C)(C)C(=O)O.